The lowest BCUT2D eigenvalue weighted by molar-refractivity contribution is -0.130. The van der Waals surface area contributed by atoms with Crippen LogP contribution in [0.4, 0.5) is 4.79 Å². The summed E-state index contributed by atoms with van der Waals surface area (Å²) < 4.78 is 12.8. The molecule has 30 heavy (non-hydrogen) atoms. The number of Topliss-reactive ketones (excluding diaryl/α,β-unsaturated/α-hetero) is 1. The number of rotatable bonds is 6. The van der Waals surface area contributed by atoms with Gasteiger partial charge in [0.15, 0.2) is 17.3 Å². The summed E-state index contributed by atoms with van der Waals surface area (Å²) in [5, 5.41) is 2.73. The summed E-state index contributed by atoms with van der Waals surface area (Å²) in [4.78, 5) is 39.7. The summed E-state index contributed by atoms with van der Waals surface area (Å²) in [6.45, 7) is 8.17. The van der Waals surface area contributed by atoms with Crippen molar-refractivity contribution in [1.29, 1.82) is 0 Å². The molecule has 0 unspecified atom stereocenters. The molecule has 158 valence electrons. The highest BCUT2D eigenvalue weighted by atomic mass is 16.7. The van der Waals surface area contributed by atoms with Gasteiger partial charge in [-0.1, -0.05) is 13.0 Å². The van der Waals surface area contributed by atoms with E-state index in [-0.39, 0.29) is 19.1 Å². The molecule has 1 aromatic heterocycles. The fraction of sp³-hybridized carbons (Fsp3) is 0.409. The number of carbonyl (C=O) groups excluding carboxylic acids is 3. The third-order valence-electron chi connectivity index (χ3n) is 5.85. The summed E-state index contributed by atoms with van der Waals surface area (Å²) in [7, 11) is 0. The number of carbonyl (C=O) groups is 3. The fourth-order valence-electron chi connectivity index (χ4n) is 4.12. The summed E-state index contributed by atoms with van der Waals surface area (Å²) >= 11 is 0. The molecule has 3 heterocycles. The molecule has 8 heteroatoms. The van der Waals surface area contributed by atoms with E-state index in [0.717, 1.165) is 29.3 Å². The first-order valence-corrected chi connectivity index (χ1v) is 10.0. The van der Waals surface area contributed by atoms with Crippen LogP contribution in [0.1, 0.15) is 47.6 Å². The van der Waals surface area contributed by atoms with E-state index in [9.17, 15) is 14.4 Å². The van der Waals surface area contributed by atoms with Crippen molar-refractivity contribution in [2.45, 2.75) is 46.2 Å². The van der Waals surface area contributed by atoms with Gasteiger partial charge >= 0.3 is 6.03 Å². The van der Waals surface area contributed by atoms with Gasteiger partial charge in [-0.05, 0) is 51.0 Å². The largest absolute Gasteiger partial charge is 0.454 e. The molecule has 0 aliphatic carbocycles. The zero-order valence-corrected chi connectivity index (χ0v) is 17.6. The summed E-state index contributed by atoms with van der Waals surface area (Å²) in [5.41, 5.74) is 1.67. The number of imide groups is 1. The molecule has 1 N–H and O–H groups in total. The maximum atomic E-state index is 13.2. The third-order valence-corrected chi connectivity index (χ3v) is 5.85. The topological polar surface area (TPSA) is 89.9 Å². The molecule has 2 aliphatic heterocycles. The molecule has 3 amide bonds. The van der Waals surface area contributed by atoms with E-state index >= 15 is 0 Å². The minimum atomic E-state index is -1.28. The lowest BCUT2D eigenvalue weighted by atomic mass is 9.91. The van der Waals surface area contributed by atoms with Crippen molar-refractivity contribution in [2.75, 3.05) is 13.3 Å². The zero-order chi connectivity index (χ0) is 21.6. The molecule has 0 spiro atoms. The number of urea groups is 1. The first-order chi connectivity index (χ1) is 14.3. The highest BCUT2D eigenvalue weighted by Gasteiger charge is 2.50. The van der Waals surface area contributed by atoms with Gasteiger partial charge < -0.3 is 19.4 Å². The Balaban J connectivity index is 1.58. The average molecular weight is 411 g/mol. The van der Waals surface area contributed by atoms with Gasteiger partial charge in [0.25, 0.3) is 5.91 Å². The van der Waals surface area contributed by atoms with Crippen LogP contribution in [0.25, 0.3) is 0 Å². The van der Waals surface area contributed by atoms with Gasteiger partial charge in [0.2, 0.25) is 6.79 Å². The van der Waals surface area contributed by atoms with Crippen LogP contribution in [0, 0.1) is 13.8 Å². The molecule has 2 aliphatic rings. The quantitative estimate of drug-likeness (QED) is 0.583. The lowest BCUT2D eigenvalue weighted by Crippen LogP contribution is -2.41. The van der Waals surface area contributed by atoms with E-state index < -0.39 is 17.5 Å². The Morgan fingerprint density at radius 2 is 1.90 bits per heavy atom. The first-order valence-electron chi connectivity index (χ1n) is 10.0. The van der Waals surface area contributed by atoms with Crippen molar-refractivity contribution in [2.24, 2.45) is 0 Å². The molecule has 1 saturated heterocycles. The summed E-state index contributed by atoms with van der Waals surface area (Å²) in [6.07, 6.45) is 0.949. The standard InChI is InChI=1S/C22H25N3O5/c1-5-8-24-13(2)9-16(14(24)3)17(26)11-25-20(27)22(4,23-21(25)28)15-6-7-18-19(10-15)30-12-29-18/h6-7,9-10H,5,8,11-12H2,1-4H3,(H,23,28)/t22-/m0/s1. The Morgan fingerprint density at radius 3 is 2.63 bits per heavy atom. The van der Waals surface area contributed by atoms with Crippen LogP contribution in [-0.4, -0.2) is 40.5 Å². The number of amides is 3. The number of ketones is 1. The Morgan fingerprint density at radius 1 is 1.17 bits per heavy atom. The molecule has 1 aromatic carbocycles. The number of benzene rings is 1. The summed E-state index contributed by atoms with van der Waals surface area (Å²) in [6, 6.07) is 6.34. The monoisotopic (exact) mass is 411 g/mol. The normalized spacial score (nSPS) is 20.1. The Kier molecular flexibility index (Phi) is 4.80. The van der Waals surface area contributed by atoms with Crippen molar-refractivity contribution < 1.29 is 23.9 Å². The second-order valence-electron chi connectivity index (χ2n) is 7.87. The molecule has 8 nitrogen and oxygen atoms in total. The van der Waals surface area contributed by atoms with Crippen LogP contribution in [0.15, 0.2) is 24.3 Å². The molecule has 2 aromatic rings. The SMILES string of the molecule is CCCn1c(C)cc(C(=O)CN2C(=O)N[C@@](C)(c3ccc4c(c3)OCO4)C2=O)c1C. The molecular formula is C22H25N3O5. The molecular weight excluding hydrogens is 386 g/mol. The van der Waals surface area contributed by atoms with E-state index in [2.05, 4.69) is 16.8 Å². The van der Waals surface area contributed by atoms with Crippen LogP contribution in [-0.2, 0) is 16.9 Å². The van der Waals surface area contributed by atoms with Crippen molar-refractivity contribution in [3.05, 3.63) is 46.8 Å². The minimum absolute atomic E-state index is 0.118. The first kappa shape index (κ1) is 20.0. The number of hydrogen-bond donors (Lipinski definition) is 1. The van der Waals surface area contributed by atoms with Crippen LogP contribution < -0.4 is 14.8 Å². The van der Waals surface area contributed by atoms with Crippen LogP contribution in [0.3, 0.4) is 0 Å². The van der Waals surface area contributed by atoms with Gasteiger partial charge in [-0.25, -0.2) is 4.79 Å². The number of nitrogens with zero attached hydrogens (tertiary/aromatic N) is 2. The second-order valence-corrected chi connectivity index (χ2v) is 7.87. The van der Waals surface area contributed by atoms with E-state index in [1.165, 1.54) is 0 Å². The second kappa shape index (κ2) is 7.19. The molecule has 0 bridgehead atoms. The van der Waals surface area contributed by atoms with Gasteiger partial charge in [-0.15, -0.1) is 0 Å². The Bertz CT molecular complexity index is 1060. The van der Waals surface area contributed by atoms with Crippen molar-refractivity contribution in [3.63, 3.8) is 0 Å². The van der Waals surface area contributed by atoms with E-state index in [4.69, 9.17) is 9.47 Å². The predicted octanol–water partition coefficient (Wildman–Crippen LogP) is 2.89. The van der Waals surface area contributed by atoms with Gasteiger partial charge in [-0.3, -0.25) is 14.5 Å². The smallest absolute Gasteiger partial charge is 0.325 e. The Hall–Kier alpha value is -3.29. The number of nitrogens with one attached hydrogen (secondary N) is 1. The van der Waals surface area contributed by atoms with Crippen molar-refractivity contribution in [1.82, 2.24) is 14.8 Å². The molecule has 4 rings (SSSR count). The lowest BCUT2D eigenvalue weighted by Gasteiger charge is -2.22. The van der Waals surface area contributed by atoms with Gasteiger partial charge in [0, 0.05) is 23.5 Å². The van der Waals surface area contributed by atoms with Crippen LogP contribution in [0.5, 0.6) is 11.5 Å². The number of aryl methyl sites for hydroxylation is 1. The molecule has 1 atom stereocenters. The molecule has 0 saturated carbocycles. The van der Waals surface area contributed by atoms with Gasteiger partial charge in [0.05, 0.1) is 6.54 Å². The predicted molar refractivity (Wildman–Crippen MR) is 109 cm³/mol. The maximum absolute atomic E-state index is 13.2. The maximum Gasteiger partial charge on any atom is 0.325 e. The zero-order valence-electron chi connectivity index (χ0n) is 17.6. The van der Waals surface area contributed by atoms with E-state index in [1.54, 1.807) is 25.1 Å². The summed E-state index contributed by atoms with van der Waals surface area (Å²) in [5.74, 6) is 0.383. The number of hydrogen-bond acceptors (Lipinski definition) is 5. The van der Waals surface area contributed by atoms with E-state index in [0.29, 0.717) is 22.6 Å². The van der Waals surface area contributed by atoms with Crippen molar-refractivity contribution in [3.8, 4) is 11.5 Å². The van der Waals surface area contributed by atoms with Gasteiger partial charge in [-0.2, -0.15) is 0 Å². The highest BCUT2D eigenvalue weighted by molar-refractivity contribution is 6.11. The van der Waals surface area contributed by atoms with Crippen molar-refractivity contribution >= 4 is 17.7 Å². The number of ether oxygens (including phenoxy) is 2. The minimum Gasteiger partial charge on any atom is -0.454 e. The molecule has 0 radical (unpaired) electrons. The highest BCUT2D eigenvalue weighted by Crippen LogP contribution is 2.37. The third kappa shape index (κ3) is 3.03. The van der Waals surface area contributed by atoms with Gasteiger partial charge in [0.1, 0.15) is 5.54 Å². The molecule has 1 fully saturated rings. The van der Waals surface area contributed by atoms with Crippen LogP contribution in [0.2, 0.25) is 0 Å². The van der Waals surface area contributed by atoms with E-state index in [1.807, 2.05) is 19.9 Å². The van der Waals surface area contributed by atoms with Crippen LogP contribution >= 0.6 is 0 Å². The average Bonchev–Trinajstić information content (AvgIpc) is 3.35. The Labute approximate surface area is 174 Å². The number of aromatic nitrogens is 1. The number of fused-ring (bicyclic) bond motifs is 1. The fourth-order valence-corrected chi connectivity index (χ4v) is 4.12.